The van der Waals surface area contributed by atoms with E-state index in [1.165, 1.54) is 0 Å². The molecule has 0 bridgehead atoms. The van der Waals surface area contributed by atoms with Crippen LogP contribution in [0.4, 0.5) is 6.01 Å². The quantitative estimate of drug-likeness (QED) is 0.772. The van der Waals surface area contributed by atoms with E-state index < -0.39 is 6.10 Å². The van der Waals surface area contributed by atoms with Crippen molar-refractivity contribution in [2.75, 3.05) is 5.32 Å². The van der Waals surface area contributed by atoms with Crippen LogP contribution < -0.4 is 10.1 Å². The Morgan fingerprint density at radius 2 is 2.04 bits per heavy atom. The maximum absolute atomic E-state index is 12.1. The Morgan fingerprint density at radius 3 is 2.74 bits per heavy atom. The minimum Gasteiger partial charge on any atom is -0.481 e. The molecule has 0 saturated heterocycles. The minimum atomic E-state index is -0.706. The molecule has 3 rings (SSSR count). The molecule has 1 atom stereocenters. The third-order valence-electron chi connectivity index (χ3n) is 3.01. The Kier molecular flexibility index (Phi) is 4.05. The van der Waals surface area contributed by atoms with Crippen molar-refractivity contribution < 1.29 is 13.9 Å². The van der Waals surface area contributed by atoms with Gasteiger partial charge in [-0.25, -0.2) is 0 Å². The number of benzene rings is 1. The molecule has 1 aromatic carbocycles. The van der Waals surface area contributed by atoms with Gasteiger partial charge in [0.2, 0.25) is 0 Å². The van der Waals surface area contributed by atoms with E-state index in [-0.39, 0.29) is 17.8 Å². The van der Waals surface area contributed by atoms with Crippen molar-refractivity contribution in [3.05, 3.63) is 42.6 Å². The smallest absolute Gasteiger partial charge is 0.322 e. The molecule has 0 spiro atoms. The van der Waals surface area contributed by atoms with Crippen LogP contribution in [-0.2, 0) is 11.8 Å². The summed E-state index contributed by atoms with van der Waals surface area (Å²) in [5.74, 6) is 0.456. The van der Waals surface area contributed by atoms with Gasteiger partial charge in [0.25, 0.3) is 11.8 Å². The van der Waals surface area contributed by atoms with Gasteiger partial charge in [0.15, 0.2) is 6.10 Å². The van der Waals surface area contributed by atoms with Gasteiger partial charge in [0.05, 0.1) is 0 Å². The zero-order valence-electron chi connectivity index (χ0n) is 12.6. The number of nitrogens with zero attached hydrogens (tertiary/aromatic N) is 4. The van der Waals surface area contributed by atoms with Crippen LogP contribution in [0.15, 0.2) is 47.0 Å². The van der Waals surface area contributed by atoms with Crippen molar-refractivity contribution in [1.29, 1.82) is 0 Å². The van der Waals surface area contributed by atoms with Gasteiger partial charge in [-0.2, -0.15) is 5.10 Å². The number of carbonyl (C=O) groups excluding carboxylic acids is 1. The number of aryl methyl sites for hydroxylation is 1. The molecule has 118 valence electrons. The maximum atomic E-state index is 12.1. The summed E-state index contributed by atoms with van der Waals surface area (Å²) >= 11 is 0. The fourth-order valence-corrected chi connectivity index (χ4v) is 1.87. The van der Waals surface area contributed by atoms with Crippen LogP contribution in [-0.4, -0.2) is 32.0 Å². The molecule has 1 amide bonds. The topological polar surface area (TPSA) is 95.1 Å². The van der Waals surface area contributed by atoms with E-state index in [1.807, 2.05) is 18.2 Å². The van der Waals surface area contributed by atoms with E-state index in [1.54, 1.807) is 43.0 Å². The first-order valence-electron chi connectivity index (χ1n) is 6.98. The van der Waals surface area contributed by atoms with E-state index in [0.717, 1.165) is 0 Å². The van der Waals surface area contributed by atoms with Gasteiger partial charge >= 0.3 is 6.01 Å². The number of anilines is 1. The second kappa shape index (κ2) is 6.30. The Balaban J connectivity index is 1.63. The molecule has 0 unspecified atom stereocenters. The first kappa shape index (κ1) is 14.8. The van der Waals surface area contributed by atoms with E-state index in [0.29, 0.717) is 11.4 Å². The monoisotopic (exact) mass is 313 g/mol. The van der Waals surface area contributed by atoms with Gasteiger partial charge in [0.1, 0.15) is 11.4 Å². The SMILES string of the molecule is C[C@H](Oc1ccccc1)C(=O)Nc1nnc(-c2ccn(C)n2)o1. The van der Waals surface area contributed by atoms with Crippen molar-refractivity contribution in [3.8, 4) is 17.3 Å². The zero-order valence-corrected chi connectivity index (χ0v) is 12.6. The summed E-state index contributed by atoms with van der Waals surface area (Å²) in [7, 11) is 1.78. The second-order valence-corrected chi connectivity index (χ2v) is 4.85. The number of hydrogen-bond acceptors (Lipinski definition) is 6. The van der Waals surface area contributed by atoms with Gasteiger partial charge in [-0.05, 0) is 25.1 Å². The predicted octanol–water partition coefficient (Wildman–Crippen LogP) is 1.88. The molecule has 0 aliphatic heterocycles. The van der Waals surface area contributed by atoms with Crippen molar-refractivity contribution in [3.63, 3.8) is 0 Å². The maximum Gasteiger partial charge on any atom is 0.322 e. The molecule has 3 aromatic rings. The molecule has 8 heteroatoms. The highest BCUT2D eigenvalue weighted by molar-refractivity contribution is 5.92. The molecule has 2 heterocycles. The highest BCUT2D eigenvalue weighted by Gasteiger charge is 2.18. The summed E-state index contributed by atoms with van der Waals surface area (Å²) in [6.07, 6.45) is 1.05. The number of rotatable bonds is 5. The largest absolute Gasteiger partial charge is 0.481 e. The lowest BCUT2D eigenvalue weighted by atomic mass is 10.3. The summed E-state index contributed by atoms with van der Waals surface area (Å²) in [6, 6.07) is 10.8. The number of ether oxygens (including phenoxy) is 1. The molecule has 23 heavy (non-hydrogen) atoms. The first-order chi connectivity index (χ1) is 11.1. The molecular formula is C15H15N5O3. The number of nitrogens with one attached hydrogen (secondary N) is 1. The number of aromatic nitrogens is 4. The van der Waals surface area contributed by atoms with Gasteiger partial charge in [-0.1, -0.05) is 23.3 Å². The van der Waals surface area contributed by atoms with Crippen molar-refractivity contribution in [1.82, 2.24) is 20.0 Å². The van der Waals surface area contributed by atoms with Gasteiger partial charge < -0.3 is 9.15 Å². The van der Waals surface area contributed by atoms with Crippen LogP contribution in [0.3, 0.4) is 0 Å². The minimum absolute atomic E-state index is 0.000773. The molecule has 0 radical (unpaired) electrons. The van der Waals surface area contributed by atoms with Crippen LogP contribution in [0, 0.1) is 0 Å². The molecule has 0 saturated carbocycles. The second-order valence-electron chi connectivity index (χ2n) is 4.85. The van der Waals surface area contributed by atoms with Crippen molar-refractivity contribution in [2.24, 2.45) is 7.05 Å². The standard InChI is InChI=1S/C15H15N5O3/c1-10(22-11-6-4-3-5-7-11)13(21)16-15-18-17-14(23-15)12-8-9-20(2)19-12/h3-10H,1-2H3,(H,16,18,21)/t10-/m0/s1. The van der Waals surface area contributed by atoms with E-state index in [4.69, 9.17) is 9.15 Å². The summed E-state index contributed by atoms with van der Waals surface area (Å²) in [5, 5.41) is 14.3. The normalized spacial score (nSPS) is 11.9. The number of carbonyl (C=O) groups is 1. The average Bonchev–Trinajstić information content (AvgIpc) is 3.17. The molecule has 0 aliphatic rings. The van der Waals surface area contributed by atoms with E-state index in [9.17, 15) is 4.79 Å². The fourth-order valence-electron chi connectivity index (χ4n) is 1.87. The van der Waals surface area contributed by atoms with E-state index in [2.05, 4.69) is 20.6 Å². The lowest BCUT2D eigenvalue weighted by molar-refractivity contribution is -0.122. The Morgan fingerprint density at radius 1 is 1.26 bits per heavy atom. The zero-order chi connectivity index (χ0) is 16.2. The van der Waals surface area contributed by atoms with Gasteiger partial charge in [-0.15, -0.1) is 5.10 Å². The Labute approximate surface area is 132 Å². The van der Waals surface area contributed by atoms with Gasteiger partial charge in [-0.3, -0.25) is 14.8 Å². The molecule has 8 nitrogen and oxygen atoms in total. The molecule has 0 aliphatic carbocycles. The molecule has 0 fully saturated rings. The lowest BCUT2D eigenvalue weighted by Gasteiger charge is -2.12. The fraction of sp³-hybridized carbons (Fsp3) is 0.200. The third kappa shape index (κ3) is 3.54. The Hall–Kier alpha value is -3.16. The van der Waals surface area contributed by atoms with Crippen LogP contribution in [0.5, 0.6) is 5.75 Å². The van der Waals surface area contributed by atoms with Gasteiger partial charge in [0, 0.05) is 13.2 Å². The van der Waals surface area contributed by atoms with E-state index >= 15 is 0 Å². The number of amides is 1. The number of hydrogen-bond donors (Lipinski definition) is 1. The summed E-state index contributed by atoms with van der Waals surface area (Å²) in [5.41, 5.74) is 0.536. The first-order valence-corrected chi connectivity index (χ1v) is 6.98. The highest BCUT2D eigenvalue weighted by Crippen LogP contribution is 2.18. The third-order valence-corrected chi connectivity index (χ3v) is 3.01. The molecular weight excluding hydrogens is 298 g/mol. The van der Waals surface area contributed by atoms with Crippen LogP contribution in [0.1, 0.15) is 6.92 Å². The van der Waals surface area contributed by atoms with Crippen molar-refractivity contribution >= 4 is 11.9 Å². The van der Waals surface area contributed by atoms with Crippen molar-refractivity contribution in [2.45, 2.75) is 13.0 Å². The van der Waals surface area contributed by atoms with Crippen LogP contribution in [0.2, 0.25) is 0 Å². The number of para-hydroxylation sites is 1. The highest BCUT2D eigenvalue weighted by atomic mass is 16.5. The summed E-state index contributed by atoms with van der Waals surface area (Å²) in [6.45, 7) is 1.64. The van der Waals surface area contributed by atoms with Crippen LogP contribution >= 0.6 is 0 Å². The predicted molar refractivity (Wildman–Crippen MR) is 81.7 cm³/mol. The van der Waals surface area contributed by atoms with Crippen LogP contribution in [0.25, 0.3) is 11.6 Å². The Bertz CT molecular complexity index is 796. The molecule has 1 N–H and O–H groups in total. The summed E-state index contributed by atoms with van der Waals surface area (Å²) in [4.78, 5) is 12.1. The molecule has 2 aromatic heterocycles. The average molecular weight is 313 g/mol. The lowest BCUT2D eigenvalue weighted by Crippen LogP contribution is -2.30. The summed E-state index contributed by atoms with van der Waals surface area (Å²) < 4.78 is 12.5.